The summed E-state index contributed by atoms with van der Waals surface area (Å²) < 4.78 is 7.24. The molecule has 0 saturated carbocycles. The molecule has 0 aliphatic carbocycles. The number of aromatic nitrogens is 2. The summed E-state index contributed by atoms with van der Waals surface area (Å²) in [6.07, 6.45) is 3.93. The summed E-state index contributed by atoms with van der Waals surface area (Å²) in [6, 6.07) is 20.1. The molecule has 0 bridgehead atoms. The third-order valence-electron chi connectivity index (χ3n) is 6.02. The van der Waals surface area contributed by atoms with Gasteiger partial charge in [0.25, 0.3) is 5.56 Å². The van der Waals surface area contributed by atoms with Crippen molar-refractivity contribution in [3.63, 3.8) is 0 Å². The van der Waals surface area contributed by atoms with Crippen LogP contribution in [0, 0.1) is 0 Å². The second-order valence-electron chi connectivity index (χ2n) is 8.06. The first-order valence-electron chi connectivity index (χ1n) is 10.6. The third kappa shape index (κ3) is 3.46. The standard InChI is InChI=1S/C25H25N3O2/c1-27-21(19-12-10-18(11-13-19)17-28-14-6-3-7-15-28)16-22-23(25(27)29)24(26-30-22)20-8-4-2-5-9-20/h2,4-5,8-13,16H,3,6-7,14-15,17H2,1H3. The van der Waals surface area contributed by atoms with Gasteiger partial charge in [0.05, 0.1) is 5.69 Å². The van der Waals surface area contributed by atoms with E-state index in [9.17, 15) is 4.79 Å². The van der Waals surface area contributed by atoms with Crippen molar-refractivity contribution < 1.29 is 4.52 Å². The SMILES string of the molecule is Cn1c(-c2ccc(CN3CCCCC3)cc2)cc2onc(-c3ccccc3)c2c1=O. The average molecular weight is 399 g/mol. The molecule has 0 N–H and O–H groups in total. The number of nitrogens with zero attached hydrogens (tertiary/aromatic N) is 3. The topological polar surface area (TPSA) is 51.3 Å². The summed E-state index contributed by atoms with van der Waals surface area (Å²) in [5, 5.41) is 4.71. The summed E-state index contributed by atoms with van der Waals surface area (Å²) in [6.45, 7) is 3.35. The molecule has 4 aromatic rings. The van der Waals surface area contributed by atoms with Crippen LogP contribution in [0.2, 0.25) is 0 Å². The molecule has 1 aliphatic heterocycles. The highest BCUT2D eigenvalue weighted by molar-refractivity contribution is 5.92. The van der Waals surface area contributed by atoms with E-state index in [1.807, 2.05) is 36.4 Å². The zero-order valence-electron chi connectivity index (χ0n) is 17.2. The minimum absolute atomic E-state index is 0.0972. The lowest BCUT2D eigenvalue weighted by Crippen LogP contribution is -2.29. The van der Waals surface area contributed by atoms with Crippen LogP contribution in [0.4, 0.5) is 0 Å². The molecule has 30 heavy (non-hydrogen) atoms. The summed E-state index contributed by atoms with van der Waals surface area (Å²) in [7, 11) is 1.81. The monoisotopic (exact) mass is 399 g/mol. The first kappa shape index (κ1) is 18.8. The molecular weight excluding hydrogens is 374 g/mol. The average Bonchev–Trinajstić information content (AvgIpc) is 3.22. The molecule has 1 saturated heterocycles. The maximum atomic E-state index is 13.2. The van der Waals surface area contributed by atoms with Crippen LogP contribution in [0.3, 0.4) is 0 Å². The normalized spacial score (nSPS) is 15.0. The fourth-order valence-corrected chi connectivity index (χ4v) is 4.33. The van der Waals surface area contributed by atoms with E-state index in [0.29, 0.717) is 16.7 Å². The van der Waals surface area contributed by atoms with Gasteiger partial charge < -0.3 is 9.09 Å². The fourth-order valence-electron chi connectivity index (χ4n) is 4.33. The Morgan fingerprint density at radius 2 is 1.67 bits per heavy atom. The number of hydrogen-bond donors (Lipinski definition) is 0. The van der Waals surface area contributed by atoms with Gasteiger partial charge in [0, 0.05) is 25.2 Å². The van der Waals surface area contributed by atoms with E-state index < -0.39 is 0 Å². The lowest BCUT2D eigenvalue weighted by atomic mass is 10.0. The van der Waals surface area contributed by atoms with Gasteiger partial charge in [0.2, 0.25) is 0 Å². The Bertz CT molecular complexity index is 1220. The smallest absolute Gasteiger partial charge is 0.264 e. The number of benzene rings is 2. The molecule has 0 atom stereocenters. The van der Waals surface area contributed by atoms with Gasteiger partial charge >= 0.3 is 0 Å². The number of piperidine rings is 1. The third-order valence-corrected chi connectivity index (χ3v) is 6.02. The Morgan fingerprint density at radius 1 is 0.933 bits per heavy atom. The fraction of sp³-hybridized carbons (Fsp3) is 0.280. The Kier molecular flexibility index (Phi) is 4.97. The van der Waals surface area contributed by atoms with Gasteiger partial charge in [-0.2, -0.15) is 0 Å². The lowest BCUT2D eigenvalue weighted by Gasteiger charge is -2.26. The highest BCUT2D eigenvalue weighted by atomic mass is 16.5. The van der Waals surface area contributed by atoms with Crippen LogP contribution in [-0.2, 0) is 13.6 Å². The predicted molar refractivity (Wildman–Crippen MR) is 119 cm³/mol. The molecule has 5 rings (SSSR count). The molecule has 2 aromatic heterocycles. The van der Waals surface area contributed by atoms with Crippen LogP contribution in [0.15, 0.2) is 70.0 Å². The molecule has 0 unspecified atom stereocenters. The number of pyridine rings is 1. The van der Waals surface area contributed by atoms with Crippen LogP contribution in [-0.4, -0.2) is 27.7 Å². The zero-order valence-corrected chi connectivity index (χ0v) is 17.2. The van der Waals surface area contributed by atoms with Crippen molar-refractivity contribution in [3.05, 3.63) is 76.6 Å². The molecule has 152 valence electrons. The largest absolute Gasteiger partial charge is 0.355 e. The minimum Gasteiger partial charge on any atom is -0.355 e. The van der Waals surface area contributed by atoms with Crippen LogP contribution in [0.1, 0.15) is 24.8 Å². The molecule has 2 aromatic carbocycles. The van der Waals surface area contributed by atoms with Gasteiger partial charge in [0.1, 0.15) is 11.1 Å². The van der Waals surface area contributed by atoms with Crippen molar-refractivity contribution in [1.29, 1.82) is 0 Å². The number of likely N-dealkylation sites (tertiary alicyclic amines) is 1. The van der Waals surface area contributed by atoms with Crippen molar-refractivity contribution in [3.8, 4) is 22.5 Å². The van der Waals surface area contributed by atoms with E-state index in [1.54, 1.807) is 11.6 Å². The van der Waals surface area contributed by atoms with Gasteiger partial charge in [-0.15, -0.1) is 0 Å². The zero-order chi connectivity index (χ0) is 20.5. The number of hydrogen-bond acceptors (Lipinski definition) is 4. The van der Waals surface area contributed by atoms with E-state index in [0.717, 1.165) is 23.4 Å². The lowest BCUT2D eigenvalue weighted by molar-refractivity contribution is 0.221. The second kappa shape index (κ2) is 7.92. The number of rotatable bonds is 4. The van der Waals surface area contributed by atoms with Crippen LogP contribution >= 0.6 is 0 Å². The minimum atomic E-state index is -0.0972. The van der Waals surface area contributed by atoms with Gasteiger partial charge in [-0.25, -0.2) is 0 Å². The quantitative estimate of drug-likeness (QED) is 0.492. The highest BCUT2D eigenvalue weighted by Crippen LogP contribution is 2.28. The molecule has 0 radical (unpaired) electrons. The molecule has 5 heteroatoms. The molecule has 0 spiro atoms. The van der Waals surface area contributed by atoms with Crippen LogP contribution in [0.25, 0.3) is 33.5 Å². The van der Waals surface area contributed by atoms with Crippen molar-refractivity contribution in [1.82, 2.24) is 14.6 Å². The van der Waals surface area contributed by atoms with E-state index in [2.05, 4.69) is 34.3 Å². The summed E-state index contributed by atoms with van der Waals surface area (Å²) >= 11 is 0. The predicted octanol–water partition coefficient (Wildman–Crippen LogP) is 4.85. The maximum absolute atomic E-state index is 13.2. The van der Waals surface area contributed by atoms with E-state index in [-0.39, 0.29) is 5.56 Å². The van der Waals surface area contributed by atoms with Crippen molar-refractivity contribution in [2.45, 2.75) is 25.8 Å². The molecule has 1 aliphatic rings. The summed E-state index contributed by atoms with van der Waals surface area (Å²) in [5.41, 5.74) is 5.02. The Balaban J connectivity index is 1.49. The van der Waals surface area contributed by atoms with E-state index in [4.69, 9.17) is 4.52 Å². The molecule has 5 nitrogen and oxygen atoms in total. The van der Waals surface area contributed by atoms with Crippen LogP contribution < -0.4 is 5.56 Å². The Morgan fingerprint density at radius 3 is 2.40 bits per heavy atom. The molecule has 0 amide bonds. The van der Waals surface area contributed by atoms with Gasteiger partial charge in [-0.1, -0.05) is 66.2 Å². The summed E-state index contributed by atoms with van der Waals surface area (Å²) in [5.74, 6) is 0. The van der Waals surface area contributed by atoms with Gasteiger partial charge in [-0.05, 0) is 37.1 Å². The molecular formula is C25H25N3O2. The Labute approximate surface area is 175 Å². The van der Waals surface area contributed by atoms with Crippen LogP contribution in [0.5, 0.6) is 0 Å². The second-order valence-corrected chi connectivity index (χ2v) is 8.06. The molecule has 1 fully saturated rings. The first-order valence-corrected chi connectivity index (χ1v) is 10.6. The van der Waals surface area contributed by atoms with Gasteiger partial charge in [0.15, 0.2) is 5.58 Å². The van der Waals surface area contributed by atoms with Crippen molar-refractivity contribution >= 4 is 11.0 Å². The maximum Gasteiger partial charge on any atom is 0.264 e. The van der Waals surface area contributed by atoms with Crippen molar-refractivity contribution in [2.75, 3.05) is 13.1 Å². The molecule has 3 heterocycles. The van der Waals surface area contributed by atoms with E-state index >= 15 is 0 Å². The summed E-state index contributed by atoms with van der Waals surface area (Å²) in [4.78, 5) is 15.7. The van der Waals surface area contributed by atoms with E-state index in [1.165, 1.54) is 37.9 Å². The number of fused-ring (bicyclic) bond motifs is 1. The first-order chi connectivity index (χ1) is 14.7. The van der Waals surface area contributed by atoms with Gasteiger partial charge in [-0.3, -0.25) is 9.69 Å². The van der Waals surface area contributed by atoms with Crippen molar-refractivity contribution in [2.24, 2.45) is 7.05 Å². The highest BCUT2D eigenvalue weighted by Gasteiger charge is 2.18. The Hall–Kier alpha value is -3.18.